The molecule has 1 N–H and O–H groups in total. The maximum Gasteiger partial charge on any atom is 0.192 e. The Labute approximate surface area is 123 Å². The summed E-state index contributed by atoms with van der Waals surface area (Å²) in [5, 5.41) is 3.40. The topological polar surface area (TPSA) is 47.3 Å². The Bertz CT molecular complexity index is 778. The molecule has 3 rings (SSSR count). The van der Waals surface area contributed by atoms with Crippen molar-refractivity contribution in [2.45, 2.75) is 20.4 Å². The van der Waals surface area contributed by atoms with E-state index in [9.17, 15) is 0 Å². The smallest absolute Gasteiger partial charge is 0.192 e. The van der Waals surface area contributed by atoms with Crippen LogP contribution in [0, 0.1) is 13.8 Å². The zero-order valence-corrected chi connectivity index (χ0v) is 12.4. The van der Waals surface area contributed by atoms with E-state index in [-0.39, 0.29) is 0 Å². The molecule has 1 heterocycles. The molecular weight excluding hydrogens is 264 g/mol. The number of nitrogens with zero attached hydrogens (tertiary/aromatic N) is 1. The van der Waals surface area contributed by atoms with Gasteiger partial charge in [0.1, 0.15) is 11.3 Å². The largest absolute Gasteiger partial charge is 0.496 e. The van der Waals surface area contributed by atoms with Crippen molar-refractivity contribution in [2.24, 2.45) is 0 Å². The molecule has 21 heavy (non-hydrogen) atoms. The number of ether oxygens (including phenoxy) is 1. The van der Waals surface area contributed by atoms with E-state index < -0.39 is 0 Å². The van der Waals surface area contributed by atoms with Crippen molar-refractivity contribution in [3.05, 3.63) is 53.4 Å². The Kier molecular flexibility index (Phi) is 3.52. The van der Waals surface area contributed by atoms with Crippen LogP contribution >= 0.6 is 0 Å². The van der Waals surface area contributed by atoms with Gasteiger partial charge >= 0.3 is 0 Å². The summed E-state index contributed by atoms with van der Waals surface area (Å²) >= 11 is 0. The standard InChI is InChI=1S/C17H18N2O2/c1-11-8-13(4-6-16(11)20-3)10-18-14-5-7-17-15(9-14)19-12(2)21-17/h4-9,18H,10H2,1-3H3. The molecule has 1 aromatic heterocycles. The number of nitrogens with one attached hydrogen (secondary N) is 1. The van der Waals surface area contributed by atoms with Crippen molar-refractivity contribution in [2.75, 3.05) is 12.4 Å². The van der Waals surface area contributed by atoms with Crippen molar-refractivity contribution < 1.29 is 9.15 Å². The van der Waals surface area contributed by atoms with E-state index >= 15 is 0 Å². The second-order valence-electron chi connectivity index (χ2n) is 5.07. The number of hydrogen-bond acceptors (Lipinski definition) is 4. The van der Waals surface area contributed by atoms with E-state index in [2.05, 4.69) is 22.4 Å². The summed E-state index contributed by atoms with van der Waals surface area (Å²) in [5.41, 5.74) is 5.08. The molecule has 0 unspecified atom stereocenters. The minimum Gasteiger partial charge on any atom is -0.496 e. The number of aryl methyl sites for hydroxylation is 2. The summed E-state index contributed by atoms with van der Waals surface area (Å²) in [7, 11) is 1.69. The van der Waals surface area contributed by atoms with Gasteiger partial charge in [-0.2, -0.15) is 0 Å². The van der Waals surface area contributed by atoms with Gasteiger partial charge in [0.05, 0.1) is 7.11 Å². The second-order valence-corrected chi connectivity index (χ2v) is 5.07. The molecule has 3 aromatic rings. The van der Waals surface area contributed by atoms with Crippen molar-refractivity contribution in [3.8, 4) is 5.75 Å². The first-order valence-electron chi connectivity index (χ1n) is 6.90. The Morgan fingerprint density at radius 3 is 2.76 bits per heavy atom. The number of anilines is 1. The first-order valence-corrected chi connectivity index (χ1v) is 6.90. The first-order chi connectivity index (χ1) is 10.2. The summed E-state index contributed by atoms with van der Waals surface area (Å²) in [6.45, 7) is 4.66. The van der Waals surface area contributed by atoms with Gasteiger partial charge in [-0.3, -0.25) is 0 Å². The fourth-order valence-corrected chi connectivity index (χ4v) is 2.41. The van der Waals surface area contributed by atoms with Crippen LogP contribution in [0.25, 0.3) is 11.1 Å². The summed E-state index contributed by atoms with van der Waals surface area (Å²) in [5.74, 6) is 1.60. The molecule has 0 amide bonds. The molecule has 0 fully saturated rings. The number of oxazole rings is 1. The highest BCUT2D eigenvalue weighted by Gasteiger charge is 2.04. The lowest BCUT2D eigenvalue weighted by Crippen LogP contribution is -2.00. The maximum atomic E-state index is 5.47. The van der Waals surface area contributed by atoms with Gasteiger partial charge in [0.25, 0.3) is 0 Å². The van der Waals surface area contributed by atoms with Crippen LogP contribution in [0.4, 0.5) is 5.69 Å². The predicted octanol–water partition coefficient (Wildman–Crippen LogP) is 4.07. The fraction of sp³-hybridized carbons (Fsp3) is 0.235. The molecule has 2 aromatic carbocycles. The maximum absolute atomic E-state index is 5.47. The van der Waals surface area contributed by atoms with Crippen molar-refractivity contribution in [1.29, 1.82) is 0 Å². The van der Waals surface area contributed by atoms with Gasteiger partial charge in [-0.05, 0) is 42.3 Å². The van der Waals surface area contributed by atoms with Crippen molar-refractivity contribution >= 4 is 16.8 Å². The molecule has 0 radical (unpaired) electrons. The zero-order chi connectivity index (χ0) is 14.8. The Morgan fingerprint density at radius 1 is 1.14 bits per heavy atom. The van der Waals surface area contributed by atoms with Crippen LogP contribution in [0.2, 0.25) is 0 Å². The van der Waals surface area contributed by atoms with Gasteiger partial charge < -0.3 is 14.5 Å². The molecule has 0 spiro atoms. The average molecular weight is 282 g/mol. The van der Waals surface area contributed by atoms with Crippen LogP contribution in [0.5, 0.6) is 5.75 Å². The highest BCUT2D eigenvalue weighted by Crippen LogP contribution is 2.22. The summed E-state index contributed by atoms with van der Waals surface area (Å²) in [6.07, 6.45) is 0. The van der Waals surface area contributed by atoms with E-state index in [1.54, 1.807) is 7.11 Å². The molecule has 0 atom stereocenters. The molecule has 0 aliphatic carbocycles. The van der Waals surface area contributed by atoms with Crippen molar-refractivity contribution in [1.82, 2.24) is 4.98 Å². The average Bonchev–Trinajstić information content (AvgIpc) is 2.84. The molecule has 0 bridgehead atoms. The van der Waals surface area contributed by atoms with Gasteiger partial charge in [-0.1, -0.05) is 12.1 Å². The summed E-state index contributed by atoms with van der Waals surface area (Å²) < 4.78 is 10.7. The van der Waals surface area contributed by atoms with Crippen LogP contribution in [0.1, 0.15) is 17.0 Å². The van der Waals surface area contributed by atoms with Gasteiger partial charge in [0.2, 0.25) is 0 Å². The van der Waals surface area contributed by atoms with E-state index in [1.807, 2.05) is 38.1 Å². The third-order valence-electron chi connectivity index (χ3n) is 3.45. The molecule has 0 aliphatic heterocycles. The SMILES string of the molecule is COc1ccc(CNc2ccc3oc(C)nc3c2)cc1C. The van der Waals surface area contributed by atoms with Gasteiger partial charge in [-0.25, -0.2) is 4.98 Å². The van der Waals surface area contributed by atoms with E-state index in [0.717, 1.165) is 34.6 Å². The van der Waals surface area contributed by atoms with Gasteiger partial charge in [0, 0.05) is 19.2 Å². The van der Waals surface area contributed by atoms with Crippen LogP contribution in [-0.2, 0) is 6.54 Å². The Balaban J connectivity index is 1.75. The lowest BCUT2D eigenvalue weighted by molar-refractivity contribution is 0.411. The van der Waals surface area contributed by atoms with Crippen LogP contribution in [0.3, 0.4) is 0 Å². The normalized spacial score (nSPS) is 10.8. The van der Waals surface area contributed by atoms with E-state index in [4.69, 9.17) is 9.15 Å². The van der Waals surface area contributed by atoms with Crippen molar-refractivity contribution in [3.63, 3.8) is 0 Å². The Hall–Kier alpha value is -2.49. The van der Waals surface area contributed by atoms with Gasteiger partial charge in [0.15, 0.2) is 11.5 Å². The van der Waals surface area contributed by atoms with Crippen LogP contribution < -0.4 is 10.1 Å². The van der Waals surface area contributed by atoms with Crippen LogP contribution in [-0.4, -0.2) is 12.1 Å². The van der Waals surface area contributed by atoms with E-state index in [1.165, 1.54) is 5.56 Å². The van der Waals surface area contributed by atoms with E-state index in [0.29, 0.717) is 5.89 Å². The van der Waals surface area contributed by atoms with Crippen LogP contribution in [0.15, 0.2) is 40.8 Å². The Morgan fingerprint density at radius 2 is 2.00 bits per heavy atom. The predicted molar refractivity (Wildman–Crippen MR) is 83.8 cm³/mol. The quantitative estimate of drug-likeness (QED) is 0.783. The third-order valence-corrected chi connectivity index (χ3v) is 3.45. The molecular formula is C17H18N2O2. The highest BCUT2D eigenvalue weighted by atomic mass is 16.5. The van der Waals surface area contributed by atoms with Gasteiger partial charge in [-0.15, -0.1) is 0 Å². The zero-order valence-electron chi connectivity index (χ0n) is 12.4. The minimum absolute atomic E-state index is 0.688. The number of fused-ring (bicyclic) bond motifs is 1. The summed E-state index contributed by atoms with van der Waals surface area (Å²) in [4.78, 5) is 4.34. The lowest BCUT2D eigenvalue weighted by atomic mass is 10.1. The number of methoxy groups -OCH3 is 1. The molecule has 4 heteroatoms. The fourth-order valence-electron chi connectivity index (χ4n) is 2.41. The molecule has 4 nitrogen and oxygen atoms in total. The minimum atomic E-state index is 0.688. The lowest BCUT2D eigenvalue weighted by Gasteiger charge is -2.09. The second kappa shape index (κ2) is 5.48. The first kappa shape index (κ1) is 13.5. The third kappa shape index (κ3) is 2.84. The number of aromatic nitrogens is 1. The molecule has 0 saturated heterocycles. The number of hydrogen-bond donors (Lipinski definition) is 1. The highest BCUT2D eigenvalue weighted by molar-refractivity contribution is 5.77. The molecule has 0 aliphatic rings. The molecule has 108 valence electrons. The molecule has 0 saturated carbocycles. The number of benzene rings is 2. The monoisotopic (exact) mass is 282 g/mol. The summed E-state index contributed by atoms with van der Waals surface area (Å²) in [6, 6.07) is 12.1. The number of rotatable bonds is 4.